The van der Waals surface area contributed by atoms with Crippen molar-refractivity contribution in [2.75, 3.05) is 0 Å². The van der Waals surface area contributed by atoms with Gasteiger partial charge in [0.1, 0.15) is 0 Å². The summed E-state index contributed by atoms with van der Waals surface area (Å²) >= 11 is 0. The van der Waals surface area contributed by atoms with Gasteiger partial charge in [0.2, 0.25) is 0 Å². The van der Waals surface area contributed by atoms with Crippen LogP contribution in [0.5, 0.6) is 0 Å². The van der Waals surface area contributed by atoms with E-state index in [4.69, 9.17) is 0 Å². The van der Waals surface area contributed by atoms with Crippen molar-refractivity contribution in [3.05, 3.63) is 35.4 Å². The molecule has 0 radical (unpaired) electrons. The Morgan fingerprint density at radius 2 is 1.50 bits per heavy atom. The van der Waals surface area contributed by atoms with Gasteiger partial charge in [0.15, 0.2) is 0 Å². The standard InChI is InChI=1S/C15H25N/c1-5-14(6-2)16-15(7-3)13-10-8-12(4)9-11-13/h8-11,14-16H,5-7H2,1-4H3. The minimum Gasteiger partial charge on any atom is -0.307 e. The van der Waals surface area contributed by atoms with Crippen LogP contribution in [0.25, 0.3) is 0 Å². The number of rotatable bonds is 6. The lowest BCUT2D eigenvalue weighted by Gasteiger charge is -2.23. The van der Waals surface area contributed by atoms with E-state index in [0.717, 1.165) is 6.42 Å². The number of hydrogen-bond donors (Lipinski definition) is 1. The predicted octanol–water partition coefficient (Wildman–Crippen LogP) is 4.22. The van der Waals surface area contributed by atoms with Crippen LogP contribution in [0, 0.1) is 6.92 Å². The van der Waals surface area contributed by atoms with E-state index in [1.54, 1.807) is 0 Å². The molecule has 1 N–H and O–H groups in total. The summed E-state index contributed by atoms with van der Waals surface area (Å²) in [7, 11) is 0. The van der Waals surface area contributed by atoms with Crippen molar-refractivity contribution in [1.29, 1.82) is 0 Å². The molecule has 0 saturated heterocycles. The second-order valence-corrected chi connectivity index (χ2v) is 4.55. The summed E-state index contributed by atoms with van der Waals surface area (Å²) in [5, 5.41) is 3.74. The van der Waals surface area contributed by atoms with Crippen molar-refractivity contribution >= 4 is 0 Å². The molecule has 1 aromatic carbocycles. The average Bonchev–Trinajstić information content (AvgIpc) is 2.32. The second-order valence-electron chi connectivity index (χ2n) is 4.55. The van der Waals surface area contributed by atoms with Gasteiger partial charge in [-0.15, -0.1) is 0 Å². The van der Waals surface area contributed by atoms with Crippen molar-refractivity contribution in [3.63, 3.8) is 0 Å². The molecule has 0 aliphatic rings. The van der Waals surface area contributed by atoms with E-state index in [2.05, 4.69) is 57.3 Å². The van der Waals surface area contributed by atoms with E-state index < -0.39 is 0 Å². The summed E-state index contributed by atoms with van der Waals surface area (Å²) in [4.78, 5) is 0. The van der Waals surface area contributed by atoms with Crippen LogP contribution >= 0.6 is 0 Å². The minimum absolute atomic E-state index is 0.505. The molecule has 0 amide bonds. The maximum absolute atomic E-state index is 3.74. The predicted molar refractivity (Wildman–Crippen MR) is 71.7 cm³/mol. The van der Waals surface area contributed by atoms with E-state index in [1.165, 1.54) is 24.0 Å². The van der Waals surface area contributed by atoms with Gasteiger partial charge < -0.3 is 5.32 Å². The molecule has 0 aromatic heterocycles. The fourth-order valence-corrected chi connectivity index (χ4v) is 2.06. The van der Waals surface area contributed by atoms with E-state index in [1.807, 2.05) is 0 Å². The van der Waals surface area contributed by atoms with Gasteiger partial charge in [-0.05, 0) is 31.7 Å². The maximum Gasteiger partial charge on any atom is 0.0320 e. The molecular weight excluding hydrogens is 194 g/mol. The van der Waals surface area contributed by atoms with Crippen LogP contribution < -0.4 is 5.32 Å². The fraction of sp³-hybridized carbons (Fsp3) is 0.600. The summed E-state index contributed by atoms with van der Waals surface area (Å²) < 4.78 is 0. The molecule has 1 heteroatoms. The van der Waals surface area contributed by atoms with Gasteiger partial charge in [0, 0.05) is 12.1 Å². The average molecular weight is 219 g/mol. The molecular formula is C15H25N. The largest absolute Gasteiger partial charge is 0.307 e. The quantitative estimate of drug-likeness (QED) is 0.755. The van der Waals surface area contributed by atoms with Crippen molar-refractivity contribution in [1.82, 2.24) is 5.32 Å². The van der Waals surface area contributed by atoms with Gasteiger partial charge in [-0.1, -0.05) is 50.6 Å². The molecule has 0 aliphatic carbocycles. The first-order chi connectivity index (χ1) is 7.71. The Morgan fingerprint density at radius 1 is 0.938 bits per heavy atom. The molecule has 1 rings (SSSR count). The summed E-state index contributed by atoms with van der Waals surface area (Å²) in [5.41, 5.74) is 2.75. The van der Waals surface area contributed by atoms with E-state index in [0.29, 0.717) is 12.1 Å². The molecule has 1 atom stereocenters. The Labute approximate surface area is 100 Å². The Hall–Kier alpha value is -0.820. The van der Waals surface area contributed by atoms with Crippen LogP contribution in [-0.4, -0.2) is 6.04 Å². The minimum atomic E-state index is 0.505. The van der Waals surface area contributed by atoms with Crippen molar-refractivity contribution in [3.8, 4) is 0 Å². The Morgan fingerprint density at radius 3 is 1.94 bits per heavy atom. The normalized spacial score (nSPS) is 13.1. The molecule has 90 valence electrons. The highest BCUT2D eigenvalue weighted by Crippen LogP contribution is 2.18. The molecule has 0 fully saturated rings. The van der Waals surface area contributed by atoms with Crippen molar-refractivity contribution < 1.29 is 0 Å². The van der Waals surface area contributed by atoms with Crippen LogP contribution in [0.4, 0.5) is 0 Å². The summed E-state index contributed by atoms with van der Waals surface area (Å²) in [5.74, 6) is 0. The van der Waals surface area contributed by atoms with Crippen molar-refractivity contribution in [2.45, 2.75) is 59.0 Å². The third kappa shape index (κ3) is 3.64. The van der Waals surface area contributed by atoms with Crippen molar-refractivity contribution in [2.24, 2.45) is 0 Å². The third-order valence-electron chi connectivity index (χ3n) is 3.31. The lowest BCUT2D eigenvalue weighted by molar-refractivity contribution is 0.407. The summed E-state index contributed by atoms with van der Waals surface area (Å²) in [6.07, 6.45) is 3.57. The van der Waals surface area contributed by atoms with Gasteiger partial charge in [-0.3, -0.25) is 0 Å². The number of benzene rings is 1. The summed E-state index contributed by atoms with van der Waals surface area (Å²) in [6, 6.07) is 10.0. The third-order valence-corrected chi connectivity index (χ3v) is 3.31. The molecule has 16 heavy (non-hydrogen) atoms. The molecule has 0 bridgehead atoms. The second kappa shape index (κ2) is 6.70. The van der Waals surface area contributed by atoms with Gasteiger partial charge in [0.05, 0.1) is 0 Å². The first kappa shape index (κ1) is 13.2. The number of nitrogens with one attached hydrogen (secondary N) is 1. The van der Waals surface area contributed by atoms with Gasteiger partial charge in [0.25, 0.3) is 0 Å². The highest BCUT2D eigenvalue weighted by Gasteiger charge is 2.12. The number of hydrogen-bond acceptors (Lipinski definition) is 1. The molecule has 0 spiro atoms. The Kier molecular flexibility index (Phi) is 5.54. The van der Waals surface area contributed by atoms with E-state index in [-0.39, 0.29) is 0 Å². The Bertz CT molecular complexity index is 285. The Balaban J connectivity index is 2.70. The zero-order valence-electron chi connectivity index (χ0n) is 11.1. The monoisotopic (exact) mass is 219 g/mol. The lowest BCUT2D eigenvalue weighted by atomic mass is 10.0. The van der Waals surface area contributed by atoms with E-state index in [9.17, 15) is 0 Å². The first-order valence-corrected chi connectivity index (χ1v) is 6.53. The highest BCUT2D eigenvalue weighted by atomic mass is 14.9. The van der Waals surface area contributed by atoms with Crippen LogP contribution in [0.15, 0.2) is 24.3 Å². The highest BCUT2D eigenvalue weighted by molar-refractivity contribution is 5.24. The van der Waals surface area contributed by atoms with Gasteiger partial charge in [-0.25, -0.2) is 0 Å². The first-order valence-electron chi connectivity index (χ1n) is 6.53. The van der Waals surface area contributed by atoms with Crippen LogP contribution in [0.3, 0.4) is 0 Å². The molecule has 0 aliphatic heterocycles. The fourth-order valence-electron chi connectivity index (χ4n) is 2.06. The molecule has 1 nitrogen and oxygen atoms in total. The zero-order chi connectivity index (χ0) is 12.0. The molecule has 0 saturated carbocycles. The smallest absolute Gasteiger partial charge is 0.0320 e. The van der Waals surface area contributed by atoms with Crippen LogP contribution in [0.1, 0.15) is 57.2 Å². The zero-order valence-corrected chi connectivity index (χ0v) is 11.1. The molecule has 0 heterocycles. The SMILES string of the molecule is CCC(CC)NC(CC)c1ccc(C)cc1. The van der Waals surface area contributed by atoms with Crippen LogP contribution in [-0.2, 0) is 0 Å². The number of aryl methyl sites for hydroxylation is 1. The topological polar surface area (TPSA) is 12.0 Å². The van der Waals surface area contributed by atoms with Crippen LogP contribution in [0.2, 0.25) is 0 Å². The van der Waals surface area contributed by atoms with Gasteiger partial charge >= 0.3 is 0 Å². The molecule has 1 unspecified atom stereocenters. The maximum atomic E-state index is 3.74. The lowest BCUT2D eigenvalue weighted by Crippen LogP contribution is -2.31. The molecule has 1 aromatic rings. The van der Waals surface area contributed by atoms with E-state index >= 15 is 0 Å². The summed E-state index contributed by atoms with van der Waals surface area (Å²) in [6.45, 7) is 8.89. The van der Waals surface area contributed by atoms with Gasteiger partial charge in [-0.2, -0.15) is 0 Å².